The Morgan fingerprint density at radius 2 is 1.85 bits per heavy atom. The number of nitrogens with zero attached hydrogens (tertiary/aromatic N) is 1. The number of phenols is 1. The molecule has 0 aliphatic heterocycles. The van der Waals surface area contributed by atoms with E-state index in [0.717, 1.165) is 23.2 Å². The molecule has 3 aromatic rings. The first-order valence-electron chi connectivity index (χ1n) is 6.17. The fraction of sp³-hybridized carbons (Fsp3) is 0.0625. The summed E-state index contributed by atoms with van der Waals surface area (Å²) in [5.74, 6) is -0.201. The molecule has 100 valence electrons. The molecule has 0 saturated carbocycles. The van der Waals surface area contributed by atoms with Gasteiger partial charge in [-0.05, 0) is 49.4 Å². The molecule has 0 aliphatic rings. The molecule has 0 amide bonds. The van der Waals surface area contributed by atoms with E-state index in [2.05, 4.69) is 0 Å². The normalized spacial score (nSPS) is 10.9. The van der Waals surface area contributed by atoms with Crippen molar-refractivity contribution in [3.05, 3.63) is 59.5 Å². The molecule has 0 atom stereocenters. The zero-order chi connectivity index (χ0) is 14.3. The lowest BCUT2D eigenvalue weighted by atomic mass is 10.1. The average Bonchev–Trinajstić information content (AvgIpc) is 2.71. The topological polar surface area (TPSA) is 42.2 Å². The van der Waals surface area contributed by atoms with Crippen LogP contribution in [0.2, 0.25) is 0 Å². The molecule has 4 heteroatoms. The smallest absolute Gasteiger partial charge is 0.152 e. The molecule has 0 unspecified atom stereocenters. The van der Waals surface area contributed by atoms with Gasteiger partial charge >= 0.3 is 0 Å². The van der Waals surface area contributed by atoms with Crippen molar-refractivity contribution in [3.8, 4) is 11.4 Å². The number of phenolic OH excluding ortho intramolecular Hbond substituents is 1. The summed E-state index contributed by atoms with van der Waals surface area (Å²) in [5.41, 5.74) is 2.79. The molecule has 1 N–H and O–H groups in total. The molecule has 0 fully saturated rings. The van der Waals surface area contributed by atoms with Gasteiger partial charge in [-0.1, -0.05) is 0 Å². The summed E-state index contributed by atoms with van der Waals surface area (Å²) in [7, 11) is 0. The number of hydrogen-bond donors (Lipinski definition) is 1. The van der Waals surface area contributed by atoms with Gasteiger partial charge in [0.25, 0.3) is 0 Å². The summed E-state index contributed by atoms with van der Waals surface area (Å²) < 4.78 is 15.3. The van der Waals surface area contributed by atoms with Crippen molar-refractivity contribution in [1.29, 1.82) is 0 Å². The van der Waals surface area contributed by atoms with Gasteiger partial charge in [-0.3, -0.25) is 4.79 Å². The van der Waals surface area contributed by atoms with E-state index in [0.29, 0.717) is 10.9 Å². The summed E-state index contributed by atoms with van der Waals surface area (Å²) >= 11 is 0. The molecule has 20 heavy (non-hydrogen) atoms. The Kier molecular flexibility index (Phi) is 2.79. The van der Waals surface area contributed by atoms with Crippen molar-refractivity contribution < 1.29 is 14.3 Å². The zero-order valence-corrected chi connectivity index (χ0v) is 10.8. The molecular weight excluding hydrogens is 257 g/mol. The minimum absolute atomic E-state index is 0.171. The van der Waals surface area contributed by atoms with Gasteiger partial charge in [0.15, 0.2) is 6.29 Å². The van der Waals surface area contributed by atoms with E-state index in [1.54, 1.807) is 30.3 Å². The van der Waals surface area contributed by atoms with Crippen molar-refractivity contribution in [2.24, 2.45) is 0 Å². The van der Waals surface area contributed by atoms with Crippen molar-refractivity contribution in [2.75, 3.05) is 0 Å². The van der Waals surface area contributed by atoms with E-state index in [9.17, 15) is 14.3 Å². The Morgan fingerprint density at radius 1 is 1.15 bits per heavy atom. The predicted molar refractivity (Wildman–Crippen MR) is 75.0 cm³/mol. The molecule has 3 rings (SSSR count). The summed E-state index contributed by atoms with van der Waals surface area (Å²) in [5, 5.41) is 9.95. The van der Waals surface area contributed by atoms with Gasteiger partial charge < -0.3 is 9.67 Å². The highest BCUT2D eigenvalue weighted by atomic mass is 19.1. The summed E-state index contributed by atoms with van der Waals surface area (Å²) in [4.78, 5) is 11.3. The van der Waals surface area contributed by atoms with Crippen LogP contribution in [-0.4, -0.2) is 16.0 Å². The fourth-order valence-electron chi connectivity index (χ4n) is 2.50. The van der Waals surface area contributed by atoms with E-state index in [1.807, 2.05) is 11.5 Å². The second-order valence-electron chi connectivity index (χ2n) is 4.63. The van der Waals surface area contributed by atoms with Crippen molar-refractivity contribution in [2.45, 2.75) is 6.92 Å². The van der Waals surface area contributed by atoms with Gasteiger partial charge in [0.2, 0.25) is 0 Å². The van der Waals surface area contributed by atoms with Gasteiger partial charge in [-0.15, -0.1) is 0 Å². The highest BCUT2D eigenvalue weighted by Gasteiger charge is 2.15. The third-order valence-corrected chi connectivity index (χ3v) is 3.44. The van der Waals surface area contributed by atoms with Crippen LogP contribution in [-0.2, 0) is 0 Å². The second kappa shape index (κ2) is 4.49. The van der Waals surface area contributed by atoms with E-state index in [-0.39, 0.29) is 11.6 Å². The van der Waals surface area contributed by atoms with Crippen LogP contribution in [0.1, 0.15) is 16.1 Å². The average molecular weight is 269 g/mol. The van der Waals surface area contributed by atoms with E-state index >= 15 is 0 Å². The van der Waals surface area contributed by atoms with Crippen molar-refractivity contribution in [1.82, 2.24) is 4.57 Å². The van der Waals surface area contributed by atoms with Crippen LogP contribution in [0.4, 0.5) is 4.39 Å². The van der Waals surface area contributed by atoms with Crippen LogP contribution in [0, 0.1) is 12.7 Å². The van der Waals surface area contributed by atoms with E-state index < -0.39 is 0 Å². The van der Waals surface area contributed by atoms with E-state index in [1.165, 1.54) is 12.1 Å². The summed E-state index contributed by atoms with van der Waals surface area (Å²) in [6.45, 7) is 1.81. The lowest BCUT2D eigenvalue weighted by Crippen LogP contribution is -1.96. The molecule has 1 heterocycles. The number of benzene rings is 2. The third-order valence-electron chi connectivity index (χ3n) is 3.44. The van der Waals surface area contributed by atoms with Crippen LogP contribution in [0.5, 0.6) is 5.75 Å². The largest absolute Gasteiger partial charge is 0.508 e. The van der Waals surface area contributed by atoms with Crippen LogP contribution in [0.25, 0.3) is 16.6 Å². The van der Waals surface area contributed by atoms with Crippen molar-refractivity contribution in [3.63, 3.8) is 0 Å². The maximum atomic E-state index is 13.4. The molecule has 3 nitrogen and oxygen atoms in total. The molecule has 1 aromatic heterocycles. The van der Waals surface area contributed by atoms with Gasteiger partial charge in [0, 0.05) is 22.3 Å². The molecule has 0 aliphatic carbocycles. The first-order valence-corrected chi connectivity index (χ1v) is 6.17. The van der Waals surface area contributed by atoms with Crippen LogP contribution in [0.15, 0.2) is 42.5 Å². The quantitative estimate of drug-likeness (QED) is 0.722. The maximum Gasteiger partial charge on any atom is 0.152 e. The molecule has 0 radical (unpaired) electrons. The number of aldehydes is 1. The van der Waals surface area contributed by atoms with Gasteiger partial charge in [-0.25, -0.2) is 4.39 Å². The number of halogens is 1. The van der Waals surface area contributed by atoms with Crippen LogP contribution >= 0.6 is 0 Å². The summed E-state index contributed by atoms with van der Waals surface area (Å²) in [6, 6.07) is 11.0. The number of hydrogen-bond acceptors (Lipinski definition) is 2. The Morgan fingerprint density at radius 3 is 2.50 bits per heavy atom. The Labute approximate surface area is 114 Å². The highest BCUT2D eigenvalue weighted by Crippen LogP contribution is 2.29. The minimum atomic E-state index is -0.372. The second-order valence-corrected chi connectivity index (χ2v) is 4.63. The van der Waals surface area contributed by atoms with Crippen LogP contribution < -0.4 is 0 Å². The van der Waals surface area contributed by atoms with Gasteiger partial charge in [0.1, 0.15) is 11.6 Å². The van der Waals surface area contributed by atoms with E-state index in [4.69, 9.17) is 0 Å². The predicted octanol–water partition coefficient (Wildman–Crippen LogP) is 3.60. The number of fused-ring (bicyclic) bond motifs is 1. The fourth-order valence-corrected chi connectivity index (χ4v) is 2.50. The molecular formula is C16H12FNO2. The monoisotopic (exact) mass is 269 g/mol. The lowest BCUT2D eigenvalue weighted by Gasteiger charge is -2.08. The number of carbonyl (C=O) groups excluding carboxylic acids is 1. The highest BCUT2D eigenvalue weighted by molar-refractivity contribution is 6.00. The van der Waals surface area contributed by atoms with Crippen LogP contribution in [0.3, 0.4) is 0 Å². The molecule has 2 aromatic carbocycles. The van der Waals surface area contributed by atoms with Gasteiger partial charge in [0.05, 0.1) is 5.52 Å². The Bertz CT molecular complexity index is 803. The number of rotatable bonds is 2. The Hall–Kier alpha value is -2.62. The minimum Gasteiger partial charge on any atom is -0.508 e. The molecule has 0 spiro atoms. The third kappa shape index (κ3) is 1.77. The maximum absolute atomic E-state index is 13.4. The lowest BCUT2D eigenvalue weighted by molar-refractivity contribution is 0.112. The molecule has 0 bridgehead atoms. The van der Waals surface area contributed by atoms with Crippen molar-refractivity contribution >= 4 is 17.2 Å². The zero-order valence-electron chi connectivity index (χ0n) is 10.8. The number of carbonyl (C=O) groups is 1. The standard InChI is InChI=1S/C16H12FNO2/c1-10-15(9-19)14-8-11(17)2-7-16(14)18(10)12-3-5-13(20)6-4-12/h2-9,20H,1H3. The molecule has 0 saturated heterocycles. The van der Waals surface area contributed by atoms with Gasteiger partial charge in [-0.2, -0.15) is 0 Å². The number of aromatic hydroxyl groups is 1. The first kappa shape index (κ1) is 12.4. The first-order chi connectivity index (χ1) is 9.61. The summed E-state index contributed by atoms with van der Waals surface area (Å²) in [6.07, 6.45) is 0.744. The SMILES string of the molecule is Cc1c(C=O)c2cc(F)ccc2n1-c1ccc(O)cc1. The Balaban J connectivity index is 2.38. The number of aromatic nitrogens is 1.